The number of rotatable bonds is 10. The molecule has 1 N–H and O–H groups in total. The topological polar surface area (TPSA) is 151 Å². The number of non-ortho nitro benzene ring substituents is 2. The lowest BCUT2D eigenvalue weighted by Gasteiger charge is -2.35. The quantitative estimate of drug-likeness (QED) is 0.200. The Morgan fingerprint density at radius 1 is 1.29 bits per heavy atom. The zero-order chi connectivity index (χ0) is 21.7. The van der Waals surface area contributed by atoms with Gasteiger partial charge in [0.15, 0.2) is 0 Å². The Morgan fingerprint density at radius 2 is 1.79 bits per heavy atom. The summed E-state index contributed by atoms with van der Waals surface area (Å²) in [5, 5.41) is 24.5. The number of nitrogens with one attached hydrogen (secondary N) is 1. The minimum atomic E-state index is -3.51. The molecule has 0 aromatic heterocycles. The summed E-state index contributed by atoms with van der Waals surface area (Å²) in [5.41, 5.74) is -2.32. The Hall–Kier alpha value is -2.62. The van der Waals surface area contributed by atoms with Gasteiger partial charge in [-0.05, 0) is 6.42 Å². The van der Waals surface area contributed by atoms with E-state index in [1.165, 1.54) is 13.8 Å². The van der Waals surface area contributed by atoms with Crippen molar-refractivity contribution in [3.05, 3.63) is 56.6 Å². The highest BCUT2D eigenvalue weighted by Crippen LogP contribution is 2.47. The Labute approximate surface area is 161 Å². The Kier molecular flexibility index (Phi) is 7.57. The number of benzene rings is 1. The van der Waals surface area contributed by atoms with Crippen molar-refractivity contribution in [2.75, 3.05) is 13.8 Å². The van der Waals surface area contributed by atoms with Gasteiger partial charge in [-0.15, -0.1) is 6.58 Å². The number of carbonyl (C=O) groups excluding carboxylic acids is 1. The lowest BCUT2D eigenvalue weighted by molar-refractivity contribution is -0.394. The third-order valence-electron chi connectivity index (χ3n) is 3.86. The van der Waals surface area contributed by atoms with Gasteiger partial charge >= 0.3 is 7.60 Å². The fourth-order valence-electron chi connectivity index (χ4n) is 2.22. The number of hydrogen-bond acceptors (Lipinski definition) is 8. The average molecular weight is 415 g/mol. The van der Waals surface area contributed by atoms with Gasteiger partial charge in [0.25, 0.3) is 17.3 Å². The molecule has 2 unspecified atom stereocenters. The van der Waals surface area contributed by atoms with Gasteiger partial charge in [-0.1, -0.05) is 19.9 Å². The van der Waals surface area contributed by atoms with Crippen molar-refractivity contribution in [3.63, 3.8) is 0 Å². The molecule has 28 heavy (non-hydrogen) atoms. The number of amides is 1. The van der Waals surface area contributed by atoms with Crippen LogP contribution in [-0.2, 0) is 13.6 Å². The molecule has 0 radical (unpaired) electrons. The van der Waals surface area contributed by atoms with E-state index in [1.54, 1.807) is 19.9 Å². The SMILES string of the molecule is C=CCC(C)(C)C(NC(=O)c1cc([N+](=O)[O-])cc([N+](=O)[O-])c1)OP(C)(=O)OC. The summed E-state index contributed by atoms with van der Waals surface area (Å²) in [7, 11) is -2.33. The summed E-state index contributed by atoms with van der Waals surface area (Å²) in [6, 6.07) is 2.56. The average Bonchev–Trinajstić information content (AvgIpc) is 2.60. The molecule has 0 aliphatic rings. The molecule has 154 valence electrons. The van der Waals surface area contributed by atoms with Crippen molar-refractivity contribution in [2.45, 2.75) is 26.5 Å². The van der Waals surface area contributed by atoms with Crippen LogP contribution in [0.3, 0.4) is 0 Å². The predicted molar refractivity (Wildman–Crippen MR) is 101 cm³/mol. The van der Waals surface area contributed by atoms with Crippen LogP contribution in [-0.4, -0.2) is 35.8 Å². The number of nitrogens with zero attached hydrogens (tertiary/aromatic N) is 2. The normalized spacial score (nSPS) is 14.6. The van der Waals surface area contributed by atoms with Gasteiger partial charge in [0.1, 0.15) is 6.23 Å². The number of hydrogen-bond donors (Lipinski definition) is 1. The molecule has 0 aliphatic carbocycles. The minimum absolute atomic E-state index is 0.313. The second kappa shape index (κ2) is 9.05. The molecule has 1 aromatic rings. The van der Waals surface area contributed by atoms with Gasteiger partial charge in [-0.25, -0.2) is 0 Å². The second-order valence-corrected chi connectivity index (χ2v) is 8.77. The van der Waals surface area contributed by atoms with Crippen LogP contribution in [0.5, 0.6) is 0 Å². The molecular weight excluding hydrogens is 393 g/mol. The van der Waals surface area contributed by atoms with Crippen molar-refractivity contribution < 1.29 is 28.3 Å². The highest BCUT2D eigenvalue weighted by Gasteiger charge is 2.36. The Balaban J connectivity index is 3.30. The molecule has 0 saturated heterocycles. The van der Waals surface area contributed by atoms with E-state index in [-0.39, 0.29) is 5.56 Å². The van der Waals surface area contributed by atoms with Crippen LogP contribution in [0.25, 0.3) is 0 Å². The molecule has 0 heterocycles. The van der Waals surface area contributed by atoms with Crippen molar-refractivity contribution in [1.82, 2.24) is 5.32 Å². The number of allylic oxidation sites excluding steroid dienone is 1. The first-order valence-corrected chi connectivity index (χ1v) is 9.99. The van der Waals surface area contributed by atoms with E-state index >= 15 is 0 Å². The fraction of sp³-hybridized carbons (Fsp3) is 0.438. The maximum Gasteiger partial charge on any atom is 0.329 e. The van der Waals surface area contributed by atoms with Crippen LogP contribution in [0.2, 0.25) is 0 Å². The van der Waals surface area contributed by atoms with E-state index in [2.05, 4.69) is 11.9 Å². The zero-order valence-corrected chi connectivity index (χ0v) is 16.8. The largest absolute Gasteiger partial charge is 0.329 e. The van der Waals surface area contributed by atoms with Gasteiger partial charge in [0.2, 0.25) is 0 Å². The van der Waals surface area contributed by atoms with Crippen LogP contribution in [0.15, 0.2) is 30.9 Å². The summed E-state index contributed by atoms with van der Waals surface area (Å²) in [5.74, 6) is -0.870. The molecule has 1 aromatic carbocycles. The molecule has 0 aliphatic heterocycles. The lowest BCUT2D eigenvalue weighted by Crippen LogP contribution is -2.46. The first-order chi connectivity index (χ1) is 12.8. The van der Waals surface area contributed by atoms with E-state index < -0.39 is 46.4 Å². The van der Waals surface area contributed by atoms with E-state index in [1.807, 2.05) is 0 Å². The monoisotopic (exact) mass is 415 g/mol. The number of carbonyl (C=O) groups is 1. The first-order valence-electron chi connectivity index (χ1n) is 8.00. The second-order valence-electron chi connectivity index (χ2n) is 6.65. The predicted octanol–water partition coefficient (Wildman–Crippen LogP) is 3.65. The van der Waals surface area contributed by atoms with Crippen molar-refractivity contribution in [1.29, 1.82) is 0 Å². The maximum atomic E-state index is 12.6. The zero-order valence-electron chi connectivity index (χ0n) is 15.9. The van der Waals surface area contributed by atoms with Gasteiger partial charge in [-0.2, -0.15) is 0 Å². The molecular formula is C16H22N3O8P. The van der Waals surface area contributed by atoms with Gasteiger partial charge in [-0.3, -0.25) is 34.1 Å². The summed E-state index contributed by atoms with van der Waals surface area (Å²) < 4.78 is 22.5. The van der Waals surface area contributed by atoms with Crippen LogP contribution in [0.4, 0.5) is 11.4 Å². The van der Waals surface area contributed by atoms with Crippen molar-refractivity contribution in [2.24, 2.45) is 5.41 Å². The summed E-state index contributed by atoms with van der Waals surface area (Å²) in [4.78, 5) is 33.0. The van der Waals surface area contributed by atoms with E-state index in [9.17, 15) is 29.6 Å². The van der Waals surface area contributed by atoms with E-state index in [0.717, 1.165) is 18.2 Å². The third-order valence-corrected chi connectivity index (χ3v) is 5.11. The lowest BCUT2D eigenvalue weighted by atomic mass is 9.87. The summed E-state index contributed by atoms with van der Waals surface area (Å²) >= 11 is 0. The summed E-state index contributed by atoms with van der Waals surface area (Å²) in [6.45, 7) is 8.27. The summed E-state index contributed by atoms with van der Waals surface area (Å²) in [6.07, 6.45) is 0.803. The Bertz CT molecular complexity index is 807. The Morgan fingerprint density at radius 3 is 2.18 bits per heavy atom. The molecule has 0 saturated carbocycles. The number of nitro groups is 2. The molecule has 2 atom stereocenters. The van der Waals surface area contributed by atoms with Gasteiger partial charge < -0.3 is 9.84 Å². The van der Waals surface area contributed by atoms with Gasteiger partial charge in [0.05, 0.1) is 21.5 Å². The molecule has 0 bridgehead atoms. The minimum Gasteiger partial charge on any atom is -0.326 e. The molecule has 12 heteroatoms. The van der Waals surface area contributed by atoms with E-state index in [4.69, 9.17) is 9.05 Å². The standard InChI is InChI=1S/C16H22N3O8P/c1-6-7-16(2,3)15(27-28(5,25)26-4)17-14(20)11-8-12(18(21)22)10-13(9-11)19(23)24/h6,8-10,15H,1,7H2,2-5H3,(H,17,20). The highest BCUT2D eigenvalue weighted by molar-refractivity contribution is 7.52. The highest BCUT2D eigenvalue weighted by atomic mass is 31.2. The van der Waals surface area contributed by atoms with Crippen LogP contribution >= 0.6 is 7.60 Å². The first kappa shape index (κ1) is 23.4. The molecule has 1 amide bonds. The van der Waals surface area contributed by atoms with Gasteiger partial charge in [0, 0.05) is 31.3 Å². The molecule has 1 rings (SSSR count). The smallest absolute Gasteiger partial charge is 0.326 e. The molecule has 0 fully saturated rings. The number of nitro benzene ring substituents is 2. The van der Waals surface area contributed by atoms with E-state index in [0.29, 0.717) is 6.42 Å². The molecule has 0 spiro atoms. The molecule has 11 nitrogen and oxygen atoms in total. The third kappa shape index (κ3) is 6.22. The fourth-order valence-corrected chi connectivity index (χ4v) is 3.02. The van der Waals surface area contributed by atoms with Crippen LogP contribution in [0, 0.1) is 25.6 Å². The maximum absolute atomic E-state index is 12.6. The van der Waals surface area contributed by atoms with Crippen LogP contribution in [0.1, 0.15) is 30.6 Å². The van der Waals surface area contributed by atoms with Crippen LogP contribution < -0.4 is 5.32 Å². The van der Waals surface area contributed by atoms with Crippen molar-refractivity contribution >= 4 is 24.9 Å². The van der Waals surface area contributed by atoms with Crippen molar-refractivity contribution in [3.8, 4) is 0 Å².